The zero-order chi connectivity index (χ0) is 25.6. The molecule has 186 valence electrons. The summed E-state index contributed by atoms with van der Waals surface area (Å²) >= 11 is 0. The molecule has 0 radical (unpaired) electrons. The molecule has 0 aliphatic carbocycles. The van der Waals surface area contributed by atoms with E-state index >= 15 is 0 Å². The van der Waals surface area contributed by atoms with E-state index in [0.29, 0.717) is 18.5 Å². The van der Waals surface area contributed by atoms with Crippen LogP contribution in [0.15, 0.2) is 89.8 Å². The van der Waals surface area contributed by atoms with Gasteiger partial charge >= 0.3 is 0 Å². The molecule has 3 aromatic rings. The average Bonchev–Trinajstić information content (AvgIpc) is 2.87. The molecule has 2 atom stereocenters. The van der Waals surface area contributed by atoms with Crippen molar-refractivity contribution in [3.63, 3.8) is 0 Å². The third-order valence-electron chi connectivity index (χ3n) is 7.09. The van der Waals surface area contributed by atoms with Gasteiger partial charge in [-0.15, -0.1) is 0 Å². The van der Waals surface area contributed by atoms with Gasteiger partial charge in [-0.3, -0.25) is 9.80 Å². The first-order valence-corrected chi connectivity index (χ1v) is 13.6. The molecule has 5 rings (SSSR count). The van der Waals surface area contributed by atoms with E-state index in [9.17, 15) is 13.2 Å². The molecule has 0 spiro atoms. The van der Waals surface area contributed by atoms with Crippen molar-refractivity contribution in [2.75, 3.05) is 13.1 Å². The maximum absolute atomic E-state index is 14.1. The second-order valence-corrected chi connectivity index (χ2v) is 11.6. The molecule has 6 nitrogen and oxygen atoms in total. The molecule has 2 aliphatic rings. The summed E-state index contributed by atoms with van der Waals surface area (Å²) in [6.07, 6.45) is 0.0784. The maximum Gasteiger partial charge on any atom is 0.268 e. The molecular formula is C29H31N3O3S. The molecule has 0 unspecified atom stereocenters. The highest BCUT2D eigenvalue weighted by Crippen LogP contribution is 2.42. The Morgan fingerprint density at radius 1 is 0.944 bits per heavy atom. The Bertz CT molecular complexity index is 1420. The Labute approximate surface area is 213 Å². The second kappa shape index (κ2) is 9.32. The van der Waals surface area contributed by atoms with Crippen molar-refractivity contribution in [2.24, 2.45) is 0 Å². The van der Waals surface area contributed by atoms with Crippen LogP contribution in [0.1, 0.15) is 45.7 Å². The summed E-state index contributed by atoms with van der Waals surface area (Å²) in [6.45, 7) is 10.6. The number of hydrogen-bond acceptors (Lipinski definition) is 4. The van der Waals surface area contributed by atoms with Crippen LogP contribution in [0.4, 0.5) is 0 Å². The Hall–Kier alpha value is -3.26. The van der Waals surface area contributed by atoms with Gasteiger partial charge in [-0.1, -0.05) is 71.8 Å². The summed E-state index contributed by atoms with van der Waals surface area (Å²) in [5, 5.41) is 3.68. The first-order chi connectivity index (χ1) is 17.2. The van der Waals surface area contributed by atoms with Crippen LogP contribution < -0.4 is 0 Å². The highest BCUT2D eigenvalue weighted by molar-refractivity contribution is 7.89. The Morgan fingerprint density at radius 2 is 1.61 bits per heavy atom. The quantitative estimate of drug-likeness (QED) is 0.479. The number of hydrogen-bond donors (Lipinski definition) is 0. The molecular weight excluding hydrogens is 470 g/mol. The third-order valence-corrected chi connectivity index (χ3v) is 8.93. The van der Waals surface area contributed by atoms with Crippen molar-refractivity contribution >= 4 is 15.9 Å². The van der Waals surface area contributed by atoms with Gasteiger partial charge in [0.15, 0.2) is 0 Å². The summed E-state index contributed by atoms with van der Waals surface area (Å²) in [6, 6.07) is 21.8. The third kappa shape index (κ3) is 4.17. The lowest BCUT2D eigenvalue weighted by Crippen LogP contribution is -2.67. The lowest BCUT2D eigenvalue weighted by atomic mass is 9.94. The molecule has 0 N–H and O–H groups in total. The van der Waals surface area contributed by atoms with Gasteiger partial charge in [-0.25, -0.2) is 8.42 Å². The van der Waals surface area contributed by atoms with Gasteiger partial charge in [0.25, 0.3) is 5.91 Å². The smallest absolute Gasteiger partial charge is 0.268 e. The predicted molar refractivity (Wildman–Crippen MR) is 141 cm³/mol. The molecule has 1 fully saturated rings. The second-order valence-electron chi connectivity index (χ2n) is 9.75. The van der Waals surface area contributed by atoms with E-state index in [1.807, 2.05) is 56.1 Å². The number of rotatable bonds is 4. The zero-order valence-electron chi connectivity index (χ0n) is 20.9. The van der Waals surface area contributed by atoms with Gasteiger partial charge in [0.05, 0.1) is 10.9 Å². The molecule has 0 bridgehead atoms. The van der Waals surface area contributed by atoms with Crippen molar-refractivity contribution in [1.82, 2.24) is 14.3 Å². The number of amides is 1. The van der Waals surface area contributed by atoms with Gasteiger partial charge in [0.1, 0.15) is 6.17 Å². The molecule has 0 aromatic heterocycles. The van der Waals surface area contributed by atoms with E-state index in [1.54, 1.807) is 33.6 Å². The van der Waals surface area contributed by atoms with Gasteiger partial charge < -0.3 is 0 Å². The normalized spacial score (nSPS) is 20.5. The predicted octanol–water partition coefficient (Wildman–Crippen LogP) is 4.87. The fraction of sp³-hybridized carbons (Fsp3) is 0.276. The van der Waals surface area contributed by atoms with Gasteiger partial charge in [0, 0.05) is 18.7 Å². The fourth-order valence-corrected chi connectivity index (χ4v) is 6.74. The molecule has 2 heterocycles. The average molecular weight is 502 g/mol. The molecule has 1 saturated heterocycles. The first kappa shape index (κ1) is 24.4. The first-order valence-electron chi connectivity index (χ1n) is 12.2. The van der Waals surface area contributed by atoms with Crippen LogP contribution in [-0.4, -0.2) is 47.8 Å². The maximum atomic E-state index is 14.1. The molecule has 0 saturated carbocycles. The van der Waals surface area contributed by atoms with Crippen molar-refractivity contribution in [3.8, 4) is 0 Å². The molecule has 36 heavy (non-hydrogen) atoms. The lowest BCUT2D eigenvalue weighted by molar-refractivity contribution is -0.129. The highest BCUT2D eigenvalue weighted by Gasteiger charge is 2.50. The van der Waals surface area contributed by atoms with Crippen LogP contribution >= 0.6 is 0 Å². The minimum absolute atomic E-state index is 0.124. The SMILES string of the molecule is C=C(C)[C@H]1CN(S(=O)(=O)c2ccc(C)cc2)[C@H]2c3cc(C)ccc3CCN2N1C(=O)c1ccccc1. The molecule has 7 heteroatoms. The van der Waals surface area contributed by atoms with Crippen LogP contribution in [0.2, 0.25) is 0 Å². The largest absolute Gasteiger partial charge is 0.268 e. The number of hydrazine groups is 1. The minimum Gasteiger partial charge on any atom is -0.268 e. The van der Waals surface area contributed by atoms with E-state index in [0.717, 1.165) is 27.8 Å². The summed E-state index contributed by atoms with van der Waals surface area (Å²) in [5.74, 6) is -0.155. The number of carbonyl (C=O) groups excluding carboxylic acids is 1. The van der Waals surface area contributed by atoms with Crippen LogP contribution in [0.5, 0.6) is 0 Å². The van der Waals surface area contributed by atoms with E-state index in [2.05, 4.69) is 24.8 Å². The number of carbonyl (C=O) groups is 1. The van der Waals surface area contributed by atoms with Crippen LogP contribution in [-0.2, 0) is 16.4 Å². The molecule has 3 aromatic carbocycles. The number of fused-ring (bicyclic) bond motifs is 3. The Kier molecular flexibility index (Phi) is 6.32. The van der Waals surface area contributed by atoms with E-state index < -0.39 is 22.2 Å². The zero-order valence-corrected chi connectivity index (χ0v) is 21.7. The van der Waals surface area contributed by atoms with Crippen LogP contribution in [0, 0.1) is 13.8 Å². The summed E-state index contributed by atoms with van der Waals surface area (Å²) < 4.78 is 29.8. The van der Waals surface area contributed by atoms with E-state index in [1.165, 1.54) is 0 Å². The standard InChI is InChI=1S/C29H31N3O3S/c1-20(2)27-19-31(36(34,35)25-14-11-21(3)12-15-25)28-26-18-22(4)10-13-23(26)16-17-30(28)32(27)29(33)24-8-6-5-7-9-24/h5-15,18,27-28H,1,16-17,19H2,2-4H3/t27-,28+/m1/s1. The van der Waals surface area contributed by atoms with Gasteiger partial charge in [-0.05, 0) is 62.6 Å². The fourth-order valence-electron chi connectivity index (χ4n) is 5.17. The lowest BCUT2D eigenvalue weighted by Gasteiger charge is -2.55. The van der Waals surface area contributed by atoms with Crippen LogP contribution in [0.25, 0.3) is 0 Å². The minimum atomic E-state index is -3.87. The summed E-state index contributed by atoms with van der Waals surface area (Å²) in [4.78, 5) is 14.1. The molecule has 1 amide bonds. The van der Waals surface area contributed by atoms with Gasteiger partial charge in [0.2, 0.25) is 10.0 Å². The highest BCUT2D eigenvalue weighted by atomic mass is 32.2. The molecule has 2 aliphatic heterocycles. The van der Waals surface area contributed by atoms with Crippen molar-refractivity contribution in [3.05, 3.63) is 113 Å². The number of sulfonamides is 1. The summed E-state index contributed by atoms with van der Waals surface area (Å²) in [7, 11) is -3.87. The van der Waals surface area contributed by atoms with Crippen molar-refractivity contribution in [2.45, 2.75) is 44.3 Å². The summed E-state index contributed by atoms with van der Waals surface area (Å²) in [5.41, 5.74) is 5.36. The van der Waals surface area contributed by atoms with Crippen molar-refractivity contribution in [1.29, 1.82) is 0 Å². The van der Waals surface area contributed by atoms with E-state index in [-0.39, 0.29) is 17.3 Å². The topological polar surface area (TPSA) is 60.9 Å². The number of aryl methyl sites for hydroxylation is 2. The number of nitrogens with zero attached hydrogens (tertiary/aromatic N) is 3. The number of benzene rings is 3. The van der Waals surface area contributed by atoms with Gasteiger partial charge in [-0.2, -0.15) is 9.31 Å². The van der Waals surface area contributed by atoms with E-state index in [4.69, 9.17) is 0 Å². The Morgan fingerprint density at radius 3 is 2.28 bits per heavy atom. The Balaban J connectivity index is 1.68. The van der Waals surface area contributed by atoms with Crippen molar-refractivity contribution < 1.29 is 13.2 Å². The van der Waals surface area contributed by atoms with Crippen LogP contribution in [0.3, 0.4) is 0 Å². The monoisotopic (exact) mass is 501 g/mol.